The molecule has 1 aliphatic heterocycles. The fourth-order valence-corrected chi connectivity index (χ4v) is 1.34. The number of aromatic nitrogens is 2. The largest absolute Gasteiger partial charge is 0.507 e. The van der Waals surface area contributed by atoms with E-state index in [2.05, 4.69) is 10.2 Å². The van der Waals surface area contributed by atoms with Crippen LogP contribution in [0.3, 0.4) is 0 Å². The lowest BCUT2D eigenvalue weighted by atomic mass is 9.82. The molecular formula is C6H9BN2O3. The molecule has 1 aromatic heterocycles. The van der Waals surface area contributed by atoms with Crippen molar-refractivity contribution in [3.63, 3.8) is 0 Å². The first kappa shape index (κ1) is 7.79. The molecule has 0 fully saturated rings. The number of fused-ring (bicyclic) bond motifs is 1. The summed E-state index contributed by atoms with van der Waals surface area (Å²) in [5.41, 5.74) is 2.02. The molecule has 64 valence electrons. The average Bonchev–Trinajstić information content (AvgIpc) is 2.47. The van der Waals surface area contributed by atoms with Crippen LogP contribution < -0.4 is 5.59 Å². The maximum atomic E-state index is 8.90. The van der Waals surface area contributed by atoms with Gasteiger partial charge < -0.3 is 14.8 Å². The topological polar surface area (TPSA) is 78.4 Å². The van der Waals surface area contributed by atoms with Crippen molar-refractivity contribution in [3.8, 4) is 0 Å². The second-order valence-electron chi connectivity index (χ2n) is 2.74. The summed E-state index contributed by atoms with van der Waals surface area (Å²) in [6.45, 7) is 1.07. The van der Waals surface area contributed by atoms with E-state index < -0.39 is 7.12 Å². The number of hydrogen-bond acceptors (Lipinski definition) is 4. The quantitative estimate of drug-likeness (QED) is 0.430. The Labute approximate surface area is 69.5 Å². The molecule has 0 saturated carbocycles. The molecule has 0 aliphatic carbocycles. The summed E-state index contributed by atoms with van der Waals surface area (Å²) in [5.74, 6) is 0. The highest BCUT2D eigenvalue weighted by molar-refractivity contribution is 6.58. The minimum atomic E-state index is -1.48. The van der Waals surface area contributed by atoms with E-state index in [0.717, 1.165) is 17.7 Å². The Kier molecular flexibility index (Phi) is 1.88. The molecule has 0 bridgehead atoms. The number of rotatable bonds is 1. The third-order valence-electron chi connectivity index (χ3n) is 1.97. The molecular weight excluding hydrogens is 159 g/mol. The SMILES string of the molecule is OB(O)c1[nH]nc2c1COCC2. The van der Waals surface area contributed by atoms with Crippen molar-refractivity contribution in [1.82, 2.24) is 10.2 Å². The Balaban J connectivity index is 2.38. The van der Waals surface area contributed by atoms with Crippen LogP contribution in [0.4, 0.5) is 0 Å². The molecule has 0 saturated heterocycles. The van der Waals surface area contributed by atoms with Gasteiger partial charge in [-0.25, -0.2) is 0 Å². The van der Waals surface area contributed by atoms with Crippen molar-refractivity contribution in [2.24, 2.45) is 0 Å². The van der Waals surface area contributed by atoms with Crippen LogP contribution in [0.1, 0.15) is 11.3 Å². The molecule has 1 aliphatic rings. The lowest BCUT2D eigenvalue weighted by Gasteiger charge is -2.11. The summed E-state index contributed by atoms with van der Waals surface area (Å²) in [6, 6.07) is 0. The zero-order valence-electron chi connectivity index (χ0n) is 6.45. The number of nitrogens with one attached hydrogen (secondary N) is 1. The van der Waals surface area contributed by atoms with Gasteiger partial charge in [0.05, 0.1) is 24.5 Å². The Hall–Kier alpha value is -0.845. The summed E-state index contributed by atoms with van der Waals surface area (Å²) >= 11 is 0. The van der Waals surface area contributed by atoms with E-state index in [0.29, 0.717) is 18.8 Å². The van der Waals surface area contributed by atoms with Gasteiger partial charge in [-0.05, 0) is 0 Å². The fourth-order valence-electron chi connectivity index (χ4n) is 1.34. The number of ether oxygens (including phenoxy) is 1. The van der Waals surface area contributed by atoms with Crippen LogP contribution in [0.25, 0.3) is 0 Å². The van der Waals surface area contributed by atoms with Gasteiger partial charge in [0.1, 0.15) is 0 Å². The third-order valence-corrected chi connectivity index (χ3v) is 1.97. The van der Waals surface area contributed by atoms with Gasteiger partial charge in [0.25, 0.3) is 0 Å². The minimum absolute atomic E-state index is 0.352. The maximum Gasteiger partial charge on any atom is 0.507 e. The predicted molar refractivity (Wildman–Crippen MR) is 41.8 cm³/mol. The molecule has 2 heterocycles. The lowest BCUT2D eigenvalue weighted by Crippen LogP contribution is -2.35. The van der Waals surface area contributed by atoms with E-state index in [-0.39, 0.29) is 0 Å². The Morgan fingerprint density at radius 1 is 1.50 bits per heavy atom. The van der Waals surface area contributed by atoms with E-state index in [9.17, 15) is 0 Å². The zero-order chi connectivity index (χ0) is 8.55. The summed E-state index contributed by atoms with van der Waals surface area (Å²) < 4.78 is 5.16. The molecule has 0 aromatic carbocycles. The van der Waals surface area contributed by atoms with Crippen LogP contribution in [0, 0.1) is 0 Å². The van der Waals surface area contributed by atoms with Crippen molar-refractivity contribution in [2.45, 2.75) is 13.0 Å². The molecule has 0 amide bonds. The molecule has 0 unspecified atom stereocenters. The number of aromatic amines is 1. The van der Waals surface area contributed by atoms with Crippen molar-refractivity contribution >= 4 is 12.7 Å². The van der Waals surface area contributed by atoms with Gasteiger partial charge >= 0.3 is 7.12 Å². The fraction of sp³-hybridized carbons (Fsp3) is 0.500. The Morgan fingerprint density at radius 2 is 2.33 bits per heavy atom. The number of hydrogen-bond donors (Lipinski definition) is 3. The number of H-pyrrole nitrogens is 1. The van der Waals surface area contributed by atoms with Crippen LogP contribution in [-0.4, -0.2) is 34.0 Å². The molecule has 6 heteroatoms. The minimum Gasteiger partial charge on any atom is -0.422 e. The highest BCUT2D eigenvalue weighted by Crippen LogP contribution is 2.11. The van der Waals surface area contributed by atoms with Gasteiger partial charge in [0.2, 0.25) is 0 Å². The smallest absolute Gasteiger partial charge is 0.422 e. The first-order chi connectivity index (χ1) is 5.79. The average molecular weight is 168 g/mol. The monoisotopic (exact) mass is 168 g/mol. The van der Waals surface area contributed by atoms with Crippen molar-refractivity contribution < 1.29 is 14.8 Å². The van der Waals surface area contributed by atoms with E-state index in [1.165, 1.54) is 0 Å². The predicted octanol–water partition coefficient (Wildman–Crippen LogP) is -1.84. The van der Waals surface area contributed by atoms with Gasteiger partial charge in [0.15, 0.2) is 0 Å². The van der Waals surface area contributed by atoms with Crippen molar-refractivity contribution in [2.75, 3.05) is 6.61 Å². The van der Waals surface area contributed by atoms with E-state index in [1.807, 2.05) is 0 Å². The molecule has 0 radical (unpaired) electrons. The third kappa shape index (κ3) is 1.14. The maximum absolute atomic E-state index is 8.90. The highest BCUT2D eigenvalue weighted by atomic mass is 16.5. The van der Waals surface area contributed by atoms with Crippen LogP contribution in [0.5, 0.6) is 0 Å². The van der Waals surface area contributed by atoms with Gasteiger partial charge in [0, 0.05) is 12.0 Å². The molecule has 5 nitrogen and oxygen atoms in total. The summed E-state index contributed by atoms with van der Waals surface area (Å²) in [6.07, 6.45) is 0.735. The van der Waals surface area contributed by atoms with Crippen LogP contribution in [-0.2, 0) is 17.8 Å². The molecule has 1 aromatic rings. The molecule has 12 heavy (non-hydrogen) atoms. The van der Waals surface area contributed by atoms with E-state index in [1.54, 1.807) is 0 Å². The van der Waals surface area contributed by atoms with Gasteiger partial charge in [-0.3, -0.25) is 5.10 Å². The first-order valence-corrected chi connectivity index (χ1v) is 3.79. The van der Waals surface area contributed by atoms with Gasteiger partial charge in [-0.1, -0.05) is 0 Å². The summed E-state index contributed by atoms with van der Waals surface area (Å²) in [4.78, 5) is 0. The normalized spacial score (nSPS) is 15.8. The van der Waals surface area contributed by atoms with E-state index >= 15 is 0 Å². The van der Waals surface area contributed by atoms with Crippen LogP contribution in [0.2, 0.25) is 0 Å². The standard InChI is InChI=1S/C6H9BN2O3/c10-7(11)6-4-3-12-2-1-5(4)8-9-6/h10-11H,1-3H2,(H,8,9). The highest BCUT2D eigenvalue weighted by Gasteiger charge is 2.24. The zero-order valence-corrected chi connectivity index (χ0v) is 6.45. The van der Waals surface area contributed by atoms with Crippen molar-refractivity contribution in [3.05, 3.63) is 11.3 Å². The number of nitrogens with zero attached hydrogens (tertiary/aromatic N) is 1. The molecule has 0 atom stereocenters. The second kappa shape index (κ2) is 2.89. The van der Waals surface area contributed by atoms with Crippen molar-refractivity contribution in [1.29, 1.82) is 0 Å². The second-order valence-corrected chi connectivity index (χ2v) is 2.74. The Bertz CT molecular complexity index is 286. The first-order valence-electron chi connectivity index (χ1n) is 3.79. The summed E-state index contributed by atoms with van der Waals surface area (Å²) in [5, 5.41) is 24.3. The van der Waals surface area contributed by atoms with Crippen LogP contribution in [0.15, 0.2) is 0 Å². The van der Waals surface area contributed by atoms with Gasteiger partial charge in [-0.15, -0.1) is 0 Å². The molecule has 2 rings (SSSR count). The lowest BCUT2D eigenvalue weighted by molar-refractivity contribution is 0.110. The van der Waals surface area contributed by atoms with Crippen LogP contribution >= 0.6 is 0 Å². The molecule has 0 spiro atoms. The van der Waals surface area contributed by atoms with E-state index in [4.69, 9.17) is 14.8 Å². The van der Waals surface area contributed by atoms with Gasteiger partial charge in [-0.2, -0.15) is 5.10 Å². The summed E-state index contributed by atoms with van der Waals surface area (Å²) in [7, 11) is -1.48. The molecule has 3 N–H and O–H groups in total. The Morgan fingerprint density at radius 3 is 3.08 bits per heavy atom.